The number of nitrogens with two attached hydrogens (primary N) is 1. The molecule has 1 atom stereocenters. The highest BCUT2D eigenvalue weighted by Crippen LogP contribution is 2.20. The number of carbonyl (C=O) groups is 3. The summed E-state index contributed by atoms with van der Waals surface area (Å²) in [7, 11) is 1.31. The number of pyridine rings is 1. The van der Waals surface area contributed by atoms with E-state index in [-0.39, 0.29) is 17.7 Å². The molecule has 2 aromatic rings. The predicted octanol–water partition coefficient (Wildman–Crippen LogP) is 1.65. The van der Waals surface area contributed by atoms with E-state index in [4.69, 9.17) is 10.5 Å². The van der Waals surface area contributed by atoms with Crippen LogP contribution in [-0.4, -0.2) is 54.0 Å². The molecule has 1 aliphatic rings. The monoisotopic (exact) mass is 383 g/mol. The highest BCUT2D eigenvalue weighted by atomic mass is 16.5. The maximum absolute atomic E-state index is 12.8. The van der Waals surface area contributed by atoms with E-state index < -0.39 is 11.9 Å². The van der Waals surface area contributed by atoms with Gasteiger partial charge in [-0.3, -0.25) is 14.6 Å². The second-order valence-corrected chi connectivity index (χ2v) is 6.44. The standard InChI is InChI=1S/C20H21N3O5/c1-27-20(26)14-6-4-13(5-7-14)19(25)23-10-2-3-16(12-23)28-15-8-9-22-17(11-15)18(21)24/h4-9,11,16H,2-3,10,12H2,1H3,(H2,21,24). The number of nitrogens with zero attached hydrogens (tertiary/aromatic N) is 2. The number of rotatable bonds is 5. The van der Waals surface area contributed by atoms with E-state index in [1.807, 2.05) is 0 Å². The van der Waals surface area contributed by atoms with E-state index in [2.05, 4.69) is 9.72 Å². The van der Waals surface area contributed by atoms with Gasteiger partial charge in [0.25, 0.3) is 11.8 Å². The van der Waals surface area contributed by atoms with Crippen molar-refractivity contribution in [3.63, 3.8) is 0 Å². The maximum atomic E-state index is 12.8. The van der Waals surface area contributed by atoms with Gasteiger partial charge in [-0.1, -0.05) is 0 Å². The summed E-state index contributed by atoms with van der Waals surface area (Å²) in [5, 5.41) is 0. The molecule has 2 N–H and O–H groups in total. The Balaban J connectivity index is 1.65. The van der Waals surface area contributed by atoms with Gasteiger partial charge in [0.05, 0.1) is 19.2 Å². The quantitative estimate of drug-likeness (QED) is 0.786. The topological polar surface area (TPSA) is 112 Å². The molecule has 28 heavy (non-hydrogen) atoms. The normalized spacial score (nSPS) is 16.3. The largest absolute Gasteiger partial charge is 0.488 e. The van der Waals surface area contributed by atoms with Gasteiger partial charge in [0.15, 0.2) is 0 Å². The lowest BCUT2D eigenvalue weighted by molar-refractivity contribution is 0.0536. The summed E-state index contributed by atoms with van der Waals surface area (Å²) in [4.78, 5) is 41.1. The van der Waals surface area contributed by atoms with Gasteiger partial charge in [0.2, 0.25) is 0 Å². The second-order valence-electron chi connectivity index (χ2n) is 6.44. The fourth-order valence-corrected chi connectivity index (χ4v) is 3.08. The van der Waals surface area contributed by atoms with Crippen molar-refractivity contribution < 1.29 is 23.9 Å². The summed E-state index contributed by atoms with van der Waals surface area (Å²) in [6, 6.07) is 9.51. The van der Waals surface area contributed by atoms with Crippen LogP contribution in [0.4, 0.5) is 0 Å². The first kappa shape index (κ1) is 19.3. The first-order valence-electron chi connectivity index (χ1n) is 8.88. The van der Waals surface area contributed by atoms with E-state index in [0.717, 1.165) is 12.8 Å². The first-order chi connectivity index (χ1) is 13.5. The predicted molar refractivity (Wildman–Crippen MR) is 100 cm³/mol. The maximum Gasteiger partial charge on any atom is 0.337 e. The lowest BCUT2D eigenvalue weighted by Crippen LogP contribution is -2.44. The van der Waals surface area contributed by atoms with Crippen LogP contribution in [0.3, 0.4) is 0 Å². The number of ether oxygens (including phenoxy) is 2. The molecule has 1 aromatic heterocycles. The minimum atomic E-state index is -0.624. The minimum absolute atomic E-state index is 0.128. The zero-order valence-corrected chi connectivity index (χ0v) is 15.5. The zero-order chi connectivity index (χ0) is 20.1. The molecule has 0 spiro atoms. The number of hydrogen-bond acceptors (Lipinski definition) is 6. The van der Waals surface area contributed by atoms with Gasteiger partial charge in [0, 0.05) is 24.4 Å². The highest BCUT2D eigenvalue weighted by Gasteiger charge is 2.26. The summed E-state index contributed by atoms with van der Waals surface area (Å²) < 4.78 is 10.6. The van der Waals surface area contributed by atoms with Crippen LogP contribution in [-0.2, 0) is 4.74 Å². The van der Waals surface area contributed by atoms with Crippen LogP contribution in [0.5, 0.6) is 5.75 Å². The van der Waals surface area contributed by atoms with Crippen LogP contribution >= 0.6 is 0 Å². The number of piperidine rings is 1. The van der Waals surface area contributed by atoms with Crippen LogP contribution < -0.4 is 10.5 Å². The number of amides is 2. The number of likely N-dealkylation sites (tertiary alicyclic amines) is 1. The third-order valence-corrected chi connectivity index (χ3v) is 4.50. The smallest absolute Gasteiger partial charge is 0.337 e. The molecule has 146 valence electrons. The van der Waals surface area contributed by atoms with Gasteiger partial charge in [0.1, 0.15) is 17.5 Å². The number of carbonyl (C=O) groups excluding carboxylic acids is 3. The molecule has 2 heterocycles. The Morgan fingerprint density at radius 3 is 2.54 bits per heavy atom. The lowest BCUT2D eigenvalue weighted by Gasteiger charge is -2.33. The van der Waals surface area contributed by atoms with Crippen molar-refractivity contribution in [2.75, 3.05) is 20.2 Å². The Morgan fingerprint density at radius 1 is 1.14 bits per heavy atom. The van der Waals surface area contributed by atoms with Crippen molar-refractivity contribution in [2.24, 2.45) is 5.73 Å². The summed E-state index contributed by atoms with van der Waals surface area (Å²) in [5.74, 6) is -0.706. The van der Waals surface area contributed by atoms with Crippen molar-refractivity contribution in [3.05, 3.63) is 59.4 Å². The van der Waals surface area contributed by atoms with Crippen molar-refractivity contribution in [2.45, 2.75) is 18.9 Å². The summed E-state index contributed by atoms with van der Waals surface area (Å²) in [6.45, 7) is 1.05. The van der Waals surface area contributed by atoms with E-state index in [0.29, 0.717) is 30.0 Å². The third-order valence-electron chi connectivity index (χ3n) is 4.50. The molecule has 8 nitrogen and oxygen atoms in total. The van der Waals surface area contributed by atoms with Gasteiger partial charge in [-0.2, -0.15) is 0 Å². The number of esters is 1. The molecular weight excluding hydrogens is 362 g/mol. The molecule has 1 aromatic carbocycles. The molecule has 0 bridgehead atoms. The van der Waals surface area contributed by atoms with E-state index in [9.17, 15) is 14.4 Å². The SMILES string of the molecule is COC(=O)c1ccc(C(=O)N2CCCC(Oc3ccnc(C(N)=O)c3)C2)cc1. The van der Waals surface area contributed by atoms with Gasteiger partial charge < -0.3 is 20.1 Å². The van der Waals surface area contributed by atoms with Gasteiger partial charge in [-0.15, -0.1) is 0 Å². The van der Waals surface area contributed by atoms with E-state index in [1.54, 1.807) is 35.2 Å². The molecule has 8 heteroatoms. The Labute approximate surface area is 162 Å². The van der Waals surface area contributed by atoms with Crippen LogP contribution in [0.1, 0.15) is 44.0 Å². The van der Waals surface area contributed by atoms with Crippen molar-refractivity contribution in [1.82, 2.24) is 9.88 Å². The highest BCUT2D eigenvalue weighted by molar-refractivity contribution is 5.96. The zero-order valence-electron chi connectivity index (χ0n) is 15.5. The Kier molecular flexibility index (Phi) is 5.88. The fraction of sp³-hybridized carbons (Fsp3) is 0.300. The number of primary amides is 1. The molecule has 0 radical (unpaired) electrons. The molecule has 1 fully saturated rings. The number of benzene rings is 1. The minimum Gasteiger partial charge on any atom is -0.488 e. The van der Waals surface area contributed by atoms with E-state index in [1.165, 1.54) is 19.4 Å². The molecule has 1 saturated heterocycles. The van der Waals surface area contributed by atoms with Gasteiger partial charge >= 0.3 is 5.97 Å². The Morgan fingerprint density at radius 2 is 1.86 bits per heavy atom. The van der Waals surface area contributed by atoms with Gasteiger partial charge in [-0.25, -0.2) is 4.79 Å². The van der Waals surface area contributed by atoms with Crippen LogP contribution in [0.2, 0.25) is 0 Å². The third kappa shape index (κ3) is 4.46. The number of hydrogen-bond donors (Lipinski definition) is 1. The molecule has 1 unspecified atom stereocenters. The summed E-state index contributed by atoms with van der Waals surface area (Å²) in [5.41, 5.74) is 6.26. The molecule has 1 aliphatic heterocycles. The fourth-order valence-electron chi connectivity index (χ4n) is 3.08. The van der Waals surface area contributed by atoms with Crippen molar-refractivity contribution >= 4 is 17.8 Å². The average Bonchev–Trinajstić information content (AvgIpc) is 2.73. The summed E-state index contributed by atoms with van der Waals surface area (Å²) in [6.07, 6.45) is 2.85. The first-order valence-corrected chi connectivity index (χ1v) is 8.88. The van der Waals surface area contributed by atoms with Crippen LogP contribution in [0.15, 0.2) is 42.6 Å². The molecular formula is C20H21N3O5. The van der Waals surface area contributed by atoms with Crippen LogP contribution in [0.25, 0.3) is 0 Å². The van der Waals surface area contributed by atoms with E-state index >= 15 is 0 Å². The average molecular weight is 383 g/mol. The molecule has 2 amide bonds. The van der Waals surface area contributed by atoms with Gasteiger partial charge in [-0.05, 0) is 43.2 Å². The number of methoxy groups -OCH3 is 1. The Bertz CT molecular complexity index is 882. The summed E-state index contributed by atoms with van der Waals surface area (Å²) >= 11 is 0. The van der Waals surface area contributed by atoms with Crippen molar-refractivity contribution in [1.29, 1.82) is 0 Å². The molecule has 0 saturated carbocycles. The second kappa shape index (κ2) is 8.51. The number of aromatic nitrogens is 1. The Hall–Kier alpha value is -3.42. The lowest BCUT2D eigenvalue weighted by atomic mass is 10.1. The van der Waals surface area contributed by atoms with Crippen molar-refractivity contribution in [3.8, 4) is 5.75 Å². The molecule has 3 rings (SSSR count). The van der Waals surface area contributed by atoms with Crippen LogP contribution in [0, 0.1) is 0 Å². The molecule has 0 aliphatic carbocycles.